The van der Waals surface area contributed by atoms with Crippen LogP contribution in [0.1, 0.15) is 83.1 Å². The maximum Gasteiger partial charge on any atom is 0.0797 e. The van der Waals surface area contributed by atoms with Gasteiger partial charge in [-0.05, 0) is 66.0 Å². The molecule has 0 bridgehead atoms. The fourth-order valence-corrected chi connectivity index (χ4v) is 4.86. The van der Waals surface area contributed by atoms with E-state index in [0.29, 0.717) is 6.42 Å². The molecule has 2 heteroatoms. The van der Waals surface area contributed by atoms with E-state index in [1.165, 1.54) is 11.1 Å². The molecule has 0 radical (unpaired) electrons. The van der Waals surface area contributed by atoms with Crippen molar-refractivity contribution in [2.45, 2.75) is 82.8 Å². The van der Waals surface area contributed by atoms with Crippen LogP contribution in [-0.2, 0) is 10.8 Å². The lowest BCUT2D eigenvalue weighted by Gasteiger charge is -2.54. The number of fused-ring (bicyclic) bond motifs is 3. The third-order valence-corrected chi connectivity index (χ3v) is 6.25. The van der Waals surface area contributed by atoms with Crippen LogP contribution in [0.3, 0.4) is 0 Å². The second-order valence-electron chi connectivity index (χ2n) is 8.98. The molecule has 0 aliphatic heterocycles. The van der Waals surface area contributed by atoms with Crippen LogP contribution in [-0.4, -0.2) is 15.8 Å². The largest absolute Gasteiger partial charge is 0.390 e. The standard InChI is InChI=1S/C20H30O2/c1-18(2,3)13-7-8-15-14(11-13)16(21)12-17-19(15,4)9-6-10-20(17,5)22/h7-8,11,16-17,21-22H,6,9-10,12H2,1-5H3/t16-,17?,19-,20-/m1/s1. The zero-order chi connectivity index (χ0) is 16.3. The average Bonchev–Trinajstić information content (AvgIpc) is 2.40. The van der Waals surface area contributed by atoms with Crippen molar-refractivity contribution < 1.29 is 10.2 Å². The Balaban J connectivity index is 2.13. The van der Waals surface area contributed by atoms with Gasteiger partial charge in [0, 0.05) is 0 Å². The molecule has 1 aromatic carbocycles. The zero-order valence-electron chi connectivity index (χ0n) is 14.6. The Kier molecular flexibility index (Phi) is 3.51. The van der Waals surface area contributed by atoms with Crippen LogP contribution in [0.4, 0.5) is 0 Å². The molecule has 1 aromatic rings. The van der Waals surface area contributed by atoms with Crippen molar-refractivity contribution in [1.29, 1.82) is 0 Å². The fraction of sp³-hybridized carbons (Fsp3) is 0.700. The smallest absolute Gasteiger partial charge is 0.0797 e. The summed E-state index contributed by atoms with van der Waals surface area (Å²) in [6, 6.07) is 6.62. The minimum atomic E-state index is -0.672. The number of aliphatic hydroxyl groups excluding tert-OH is 1. The van der Waals surface area contributed by atoms with E-state index in [9.17, 15) is 10.2 Å². The fourth-order valence-electron chi connectivity index (χ4n) is 4.86. The van der Waals surface area contributed by atoms with E-state index in [0.717, 1.165) is 24.8 Å². The number of benzene rings is 1. The number of hydrogen-bond acceptors (Lipinski definition) is 2. The van der Waals surface area contributed by atoms with Crippen molar-refractivity contribution in [3.8, 4) is 0 Å². The van der Waals surface area contributed by atoms with Crippen LogP contribution in [0, 0.1) is 5.92 Å². The molecule has 2 aliphatic rings. The summed E-state index contributed by atoms with van der Waals surface area (Å²) in [6.07, 6.45) is 3.21. The average molecular weight is 302 g/mol. The number of rotatable bonds is 0. The van der Waals surface area contributed by atoms with Gasteiger partial charge in [-0.3, -0.25) is 0 Å². The molecule has 2 N–H and O–H groups in total. The quantitative estimate of drug-likeness (QED) is 0.753. The molecule has 3 rings (SSSR count). The highest BCUT2D eigenvalue weighted by atomic mass is 16.3. The second-order valence-corrected chi connectivity index (χ2v) is 8.98. The first-order valence-electron chi connectivity index (χ1n) is 8.61. The monoisotopic (exact) mass is 302 g/mol. The second kappa shape index (κ2) is 4.82. The molecular formula is C20H30O2. The summed E-state index contributed by atoms with van der Waals surface area (Å²) >= 11 is 0. The molecule has 2 nitrogen and oxygen atoms in total. The summed E-state index contributed by atoms with van der Waals surface area (Å²) < 4.78 is 0. The van der Waals surface area contributed by atoms with E-state index in [-0.39, 0.29) is 16.7 Å². The predicted octanol–water partition coefficient (Wildman–Crippen LogP) is 4.23. The Labute approximate surface area is 134 Å². The van der Waals surface area contributed by atoms with E-state index in [1.54, 1.807) is 0 Å². The summed E-state index contributed by atoms with van der Waals surface area (Å²) in [5.74, 6) is 0.136. The van der Waals surface area contributed by atoms with Gasteiger partial charge in [-0.2, -0.15) is 0 Å². The molecule has 0 spiro atoms. The van der Waals surface area contributed by atoms with Gasteiger partial charge in [-0.15, -0.1) is 0 Å². The summed E-state index contributed by atoms with van der Waals surface area (Å²) in [7, 11) is 0. The van der Waals surface area contributed by atoms with Crippen LogP contribution < -0.4 is 0 Å². The van der Waals surface area contributed by atoms with E-state index in [1.807, 2.05) is 6.92 Å². The highest BCUT2D eigenvalue weighted by Crippen LogP contribution is 2.56. The lowest BCUT2D eigenvalue weighted by molar-refractivity contribution is -0.0931. The van der Waals surface area contributed by atoms with Gasteiger partial charge in [0.1, 0.15) is 0 Å². The van der Waals surface area contributed by atoms with E-state index >= 15 is 0 Å². The molecule has 2 aliphatic carbocycles. The Hall–Kier alpha value is -0.860. The Morgan fingerprint density at radius 3 is 2.45 bits per heavy atom. The molecule has 0 heterocycles. The van der Waals surface area contributed by atoms with E-state index in [2.05, 4.69) is 45.9 Å². The normalized spacial score (nSPS) is 38.3. The Morgan fingerprint density at radius 1 is 1.14 bits per heavy atom. The van der Waals surface area contributed by atoms with Crippen LogP contribution in [0.2, 0.25) is 0 Å². The molecule has 0 aromatic heterocycles. The summed E-state index contributed by atoms with van der Waals surface area (Å²) in [5.41, 5.74) is 3.01. The van der Waals surface area contributed by atoms with Gasteiger partial charge < -0.3 is 10.2 Å². The Bertz CT molecular complexity index is 582. The van der Waals surface area contributed by atoms with Gasteiger partial charge in [0.05, 0.1) is 11.7 Å². The van der Waals surface area contributed by atoms with Gasteiger partial charge in [0.2, 0.25) is 0 Å². The molecule has 1 fully saturated rings. The van der Waals surface area contributed by atoms with Gasteiger partial charge in [-0.1, -0.05) is 45.9 Å². The van der Waals surface area contributed by atoms with Crippen LogP contribution in [0.25, 0.3) is 0 Å². The highest BCUT2D eigenvalue weighted by molar-refractivity contribution is 5.44. The van der Waals surface area contributed by atoms with Crippen molar-refractivity contribution in [2.75, 3.05) is 0 Å². The minimum absolute atomic E-state index is 0.0211. The molecule has 1 unspecified atom stereocenters. The van der Waals surface area contributed by atoms with Gasteiger partial charge in [-0.25, -0.2) is 0 Å². The maximum absolute atomic E-state index is 10.9. The molecule has 0 saturated heterocycles. The first kappa shape index (κ1) is 16.0. The third-order valence-electron chi connectivity index (χ3n) is 6.25. The SMILES string of the molecule is CC(C)(C)c1ccc2c(c1)[C@H](O)CC1[C@](C)(O)CCC[C@]21C. The van der Waals surface area contributed by atoms with Crippen LogP contribution in [0.15, 0.2) is 18.2 Å². The molecule has 4 atom stereocenters. The predicted molar refractivity (Wildman–Crippen MR) is 90.0 cm³/mol. The third kappa shape index (κ3) is 2.32. The number of aliphatic hydroxyl groups is 2. The van der Waals surface area contributed by atoms with Crippen molar-refractivity contribution in [3.05, 3.63) is 34.9 Å². The molecule has 22 heavy (non-hydrogen) atoms. The van der Waals surface area contributed by atoms with Crippen molar-refractivity contribution in [1.82, 2.24) is 0 Å². The van der Waals surface area contributed by atoms with Gasteiger partial charge >= 0.3 is 0 Å². The summed E-state index contributed by atoms with van der Waals surface area (Å²) in [6.45, 7) is 10.9. The van der Waals surface area contributed by atoms with E-state index < -0.39 is 11.7 Å². The lowest BCUT2D eigenvalue weighted by Crippen LogP contribution is -2.53. The van der Waals surface area contributed by atoms with Crippen molar-refractivity contribution >= 4 is 0 Å². The summed E-state index contributed by atoms with van der Waals surface area (Å²) in [4.78, 5) is 0. The van der Waals surface area contributed by atoms with Crippen molar-refractivity contribution in [2.24, 2.45) is 5.92 Å². The van der Waals surface area contributed by atoms with E-state index in [4.69, 9.17) is 0 Å². The lowest BCUT2D eigenvalue weighted by atomic mass is 9.53. The van der Waals surface area contributed by atoms with Crippen molar-refractivity contribution in [3.63, 3.8) is 0 Å². The van der Waals surface area contributed by atoms with Gasteiger partial charge in [0.15, 0.2) is 0 Å². The Morgan fingerprint density at radius 2 is 1.82 bits per heavy atom. The molecule has 0 amide bonds. The van der Waals surface area contributed by atoms with Crippen LogP contribution >= 0.6 is 0 Å². The zero-order valence-corrected chi connectivity index (χ0v) is 14.6. The summed E-state index contributed by atoms with van der Waals surface area (Å²) in [5, 5.41) is 21.6. The van der Waals surface area contributed by atoms with Crippen LogP contribution in [0.5, 0.6) is 0 Å². The first-order valence-corrected chi connectivity index (χ1v) is 8.61. The topological polar surface area (TPSA) is 40.5 Å². The first-order chi connectivity index (χ1) is 10.1. The molecule has 122 valence electrons. The minimum Gasteiger partial charge on any atom is -0.390 e. The maximum atomic E-state index is 10.9. The number of hydrogen-bond donors (Lipinski definition) is 2. The molecular weight excluding hydrogens is 272 g/mol. The molecule has 1 saturated carbocycles. The van der Waals surface area contributed by atoms with Gasteiger partial charge in [0.25, 0.3) is 0 Å². The highest BCUT2D eigenvalue weighted by Gasteiger charge is 2.53.